The molecule has 0 saturated carbocycles. The molecule has 0 atom stereocenters. The number of carbonyl (C=O) groups is 1. The average Bonchev–Trinajstić information content (AvgIpc) is 2.20. The van der Waals surface area contributed by atoms with Crippen LogP contribution in [0, 0.1) is 5.82 Å². The van der Waals surface area contributed by atoms with Crippen molar-refractivity contribution in [3.8, 4) is 0 Å². The molecule has 1 aromatic rings. The zero-order valence-corrected chi connectivity index (χ0v) is 9.89. The molecule has 0 spiro atoms. The molecule has 2 nitrogen and oxygen atoms in total. The zero-order chi connectivity index (χ0) is 11.3. The first-order valence-corrected chi connectivity index (χ1v) is 5.58. The standard InChI is InChI=1S/C11H13BrFNO/c12-10-7-8(3-4-11(10)13)6-9(15)2-1-5-14/h3-4,7H,1-2,5-6,14H2. The summed E-state index contributed by atoms with van der Waals surface area (Å²) in [6.07, 6.45) is 1.55. The van der Waals surface area contributed by atoms with E-state index in [2.05, 4.69) is 15.9 Å². The van der Waals surface area contributed by atoms with Crippen LogP contribution in [0.4, 0.5) is 4.39 Å². The Bertz CT molecular complexity index is 354. The molecule has 0 fully saturated rings. The molecule has 4 heteroatoms. The molecule has 0 unspecified atom stereocenters. The fourth-order valence-corrected chi connectivity index (χ4v) is 1.69. The lowest BCUT2D eigenvalue weighted by atomic mass is 10.1. The number of benzene rings is 1. The summed E-state index contributed by atoms with van der Waals surface area (Å²) in [6, 6.07) is 4.62. The summed E-state index contributed by atoms with van der Waals surface area (Å²) in [4.78, 5) is 11.4. The van der Waals surface area contributed by atoms with Gasteiger partial charge in [-0.25, -0.2) is 4.39 Å². The van der Waals surface area contributed by atoms with Crippen molar-refractivity contribution in [2.75, 3.05) is 6.54 Å². The normalized spacial score (nSPS) is 10.3. The Kier molecular flexibility index (Phi) is 4.91. The summed E-state index contributed by atoms with van der Waals surface area (Å²) in [6.45, 7) is 0.527. The first-order chi connectivity index (χ1) is 7.13. The highest BCUT2D eigenvalue weighted by molar-refractivity contribution is 9.10. The number of Topliss-reactive ketones (excluding diaryl/α,β-unsaturated/α-hetero) is 1. The second-order valence-electron chi connectivity index (χ2n) is 3.36. The minimum absolute atomic E-state index is 0.138. The van der Waals surface area contributed by atoms with Crippen LogP contribution in [0.1, 0.15) is 18.4 Å². The van der Waals surface area contributed by atoms with Crippen molar-refractivity contribution in [1.82, 2.24) is 0 Å². The van der Waals surface area contributed by atoms with E-state index >= 15 is 0 Å². The van der Waals surface area contributed by atoms with E-state index in [9.17, 15) is 9.18 Å². The lowest BCUT2D eigenvalue weighted by Gasteiger charge is -2.02. The molecule has 0 aliphatic carbocycles. The topological polar surface area (TPSA) is 43.1 Å². The molecule has 2 N–H and O–H groups in total. The van der Waals surface area contributed by atoms with E-state index in [0.717, 1.165) is 5.56 Å². The zero-order valence-electron chi connectivity index (χ0n) is 8.30. The number of carbonyl (C=O) groups excluding carboxylic acids is 1. The first kappa shape index (κ1) is 12.3. The fraction of sp³-hybridized carbons (Fsp3) is 0.364. The van der Waals surface area contributed by atoms with Gasteiger partial charge in [-0.15, -0.1) is 0 Å². The minimum atomic E-state index is -0.312. The van der Waals surface area contributed by atoms with Crippen molar-refractivity contribution in [2.45, 2.75) is 19.3 Å². The highest BCUT2D eigenvalue weighted by Gasteiger charge is 2.05. The molecule has 0 aliphatic heterocycles. The van der Waals surface area contributed by atoms with Crippen LogP contribution in [0.15, 0.2) is 22.7 Å². The minimum Gasteiger partial charge on any atom is -0.330 e. The lowest BCUT2D eigenvalue weighted by Crippen LogP contribution is -2.07. The molecule has 0 bridgehead atoms. The molecule has 1 aromatic carbocycles. The number of hydrogen-bond acceptors (Lipinski definition) is 2. The van der Waals surface area contributed by atoms with E-state index in [1.165, 1.54) is 6.07 Å². The van der Waals surface area contributed by atoms with Crippen molar-refractivity contribution in [1.29, 1.82) is 0 Å². The molecule has 0 heterocycles. The van der Waals surface area contributed by atoms with E-state index in [4.69, 9.17) is 5.73 Å². The van der Waals surface area contributed by atoms with E-state index in [0.29, 0.717) is 30.3 Å². The smallest absolute Gasteiger partial charge is 0.137 e. The average molecular weight is 274 g/mol. The third kappa shape index (κ3) is 4.10. The molecule has 0 aromatic heterocycles. The number of rotatable bonds is 5. The number of nitrogens with two attached hydrogens (primary N) is 1. The summed E-state index contributed by atoms with van der Waals surface area (Å²) in [5, 5.41) is 0. The van der Waals surface area contributed by atoms with Gasteiger partial charge >= 0.3 is 0 Å². The molecule has 0 radical (unpaired) electrons. The van der Waals surface area contributed by atoms with Gasteiger partial charge in [0.25, 0.3) is 0 Å². The summed E-state index contributed by atoms with van der Waals surface area (Å²) in [5.74, 6) is -0.174. The molecule has 82 valence electrons. The van der Waals surface area contributed by atoms with Gasteiger partial charge < -0.3 is 5.73 Å². The van der Waals surface area contributed by atoms with Gasteiger partial charge in [-0.3, -0.25) is 4.79 Å². The highest BCUT2D eigenvalue weighted by atomic mass is 79.9. The summed E-state index contributed by atoms with van der Waals surface area (Å²) < 4.78 is 13.3. The van der Waals surface area contributed by atoms with Crippen molar-refractivity contribution in [2.24, 2.45) is 5.73 Å². The summed E-state index contributed by atoms with van der Waals surface area (Å²) >= 11 is 3.08. The summed E-state index contributed by atoms with van der Waals surface area (Å²) in [7, 11) is 0. The maximum Gasteiger partial charge on any atom is 0.137 e. The van der Waals surface area contributed by atoms with E-state index in [-0.39, 0.29) is 11.6 Å². The van der Waals surface area contributed by atoms with Crippen LogP contribution < -0.4 is 5.73 Å². The Morgan fingerprint density at radius 2 is 2.20 bits per heavy atom. The highest BCUT2D eigenvalue weighted by Crippen LogP contribution is 2.17. The van der Waals surface area contributed by atoms with Crippen LogP contribution in [0.25, 0.3) is 0 Å². The van der Waals surface area contributed by atoms with Crippen molar-refractivity contribution >= 4 is 21.7 Å². The van der Waals surface area contributed by atoms with Gasteiger partial charge in [-0.05, 0) is 46.6 Å². The maximum atomic E-state index is 12.9. The summed E-state index contributed by atoms with van der Waals surface area (Å²) in [5.41, 5.74) is 6.13. The predicted molar refractivity (Wildman–Crippen MR) is 61.1 cm³/mol. The van der Waals surface area contributed by atoms with Crippen LogP contribution in [-0.4, -0.2) is 12.3 Å². The quantitative estimate of drug-likeness (QED) is 0.896. The molecular weight excluding hydrogens is 261 g/mol. The number of ketones is 1. The lowest BCUT2D eigenvalue weighted by molar-refractivity contribution is -0.118. The van der Waals surface area contributed by atoms with E-state index < -0.39 is 0 Å². The number of halogens is 2. The second kappa shape index (κ2) is 5.98. The maximum absolute atomic E-state index is 12.9. The van der Waals surface area contributed by atoms with Gasteiger partial charge in [0, 0.05) is 12.8 Å². The van der Waals surface area contributed by atoms with Gasteiger partial charge in [0.2, 0.25) is 0 Å². The fourth-order valence-electron chi connectivity index (χ4n) is 1.26. The van der Waals surface area contributed by atoms with Gasteiger partial charge in [-0.2, -0.15) is 0 Å². The van der Waals surface area contributed by atoms with Crippen LogP contribution in [0.5, 0.6) is 0 Å². The van der Waals surface area contributed by atoms with Crippen molar-refractivity contribution < 1.29 is 9.18 Å². The third-order valence-corrected chi connectivity index (χ3v) is 2.65. The first-order valence-electron chi connectivity index (χ1n) is 4.79. The second-order valence-corrected chi connectivity index (χ2v) is 4.21. The van der Waals surface area contributed by atoms with Gasteiger partial charge in [-0.1, -0.05) is 6.07 Å². The van der Waals surface area contributed by atoms with Crippen LogP contribution in [0.3, 0.4) is 0 Å². The molecule has 0 amide bonds. The Morgan fingerprint density at radius 3 is 2.80 bits per heavy atom. The van der Waals surface area contributed by atoms with E-state index in [1.807, 2.05) is 0 Å². The number of hydrogen-bond donors (Lipinski definition) is 1. The van der Waals surface area contributed by atoms with Crippen LogP contribution in [-0.2, 0) is 11.2 Å². The van der Waals surface area contributed by atoms with Crippen molar-refractivity contribution in [3.05, 3.63) is 34.1 Å². The molecule has 15 heavy (non-hydrogen) atoms. The Labute approximate surface area is 96.8 Å². The van der Waals surface area contributed by atoms with E-state index in [1.54, 1.807) is 12.1 Å². The van der Waals surface area contributed by atoms with Gasteiger partial charge in [0.1, 0.15) is 11.6 Å². The van der Waals surface area contributed by atoms with Crippen molar-refractivity contribution in [3.63, 3.8) is 0 Å². The van der Waals surface area contributed by atoms with Gasteiger partial charge in [0.15, 0.2) is 0 Å². The van der Waals surface area contributed by atoms with Crippen LogP contribution >= 0.6 is 15.9 Å². The largest absolute Gasteiger partial charge is 0.330 e. The third-order valence-electron chi connectivity index (χ3n) is 2.05. The molecule has 0 aliphatic rings. The molecular formula is C11H13BrFNO. The predicted octanol–water partition coefficient (Wildman–Crippen LogP) is 2.44. The monoisotopic (exact) mass is 273 g/mol. The Morgan fingerprint density at radius 1 is 1.47 bits per heavy atom. The Balaban J connectivity index is 2.57. The SMILES string of the molecule is NCCCC(=O)Cc1ccc(F)c(Br)c1. The van der Waals surface area contributed by atoms with Crippen LogP contribution in [0.2, 0.25) is 0 Å². The molecule has 1 rings (SSSR count). The van der Waals surface area contributed by atoms with Gasteiger partial charge in [0.05, 0.1) is 4.47 Å². The molecule has 0 saturated heterocycles. The Hall–Kier alpha value is -0.740.